The molecule has 1 amide bonds. The summed E-state index contributed by atoms with van der Waals surface area (Å²) >= 11 is 0. The maximum Gasteiger partial charge on any atom is 0.254 e. The van der Waals surface area contributed by atoms with Crippen LogP contribution in [0, 0.1) is 0 Å². The Morgan fingerprint density at radius 2 is 2.21 bits per heavy atom. The second-order valence-electron chi connectivity index (χ2n) is 5.88. The van der Waals surface area contributed by atoms with Crippen molar-refractivity contribution < 1.29 is 9.90 Å². The Hall–Kier alpha value is -1.35. The van der Waals surface area contributed by atoms with Gasteiger partial charge in [0.2, 0.25) is 0 Å². The van der Waals surface area contributed by atoms with Gasteiger partial charge in [0.15, 0.2) is 0 Å². The fourth-order valence-electron chi connectivity index (χ4n) is 3.45. The molecular weight excluding hydrogens is 238 g/mol. The highest BCUT2D eigenvalue weighted by molar-refractivity contribution is 5.99. The van der Waals surface area contributed by atoms with Gasteiger partial charge >= 0.3 is 0 Å². The van der Waals surface area contributed by atoms with Gasteiger partial charge < -0.3 is 10.0 Å². The molecule has 0 saturated carbocycles. The lowest BCUT2D eigenvalue weighted by atomic mass is 9.81. The molecule has 1 aromatic carbocycles. The van der Waals surface area contributed by atoms with E-state index in [2.05, 4.69) is 6.92 Å². The van der Waals surface area contributed by atoms with Crippen molar-refractivity contribution in [3.63, 3.8) is 0 Å². The first-order valence-electron chi connectivity index (χ1n) is 7.27. The van der Waals surface area contributed by atoms with Crippen molar-refractivity contribution in [1.29, 1.82) is 0 Å². The zero-order valence-corrected chi connectivity index (χ0v) is 11.4. The maximum atomic E-state index is 12.3. The number of unbranched alkanes of at least 4 members (excludes halogenated alkanes) is 1. The first-order valence-corrected chi connectivity index (χ1v) is 7.27. The molecule has 2 atom stereocenters. The Bertz CT molecular complexity index is 499. The van der Waals surface area contributed by atoms with Crippen molar-refractivity contribution in [2.75, 3.05) is 6.54 Å². The number of fused-ring (bicyclic) bond motifs is 3. The Morgan fingerprint density at radius 3 is 3.00 bits per heavy atom. The number of piperidine rings is 1. The van der Waals surface area contributed by atoms with Crippen LogP contribution in [0.1, 0.15) is 61.0 Å². The zero-order chi connectivity index (χ0) is 13.5. The van der Waals surface area contributed by atoms with Gasteiger partial charge in [-0.15, -0.1) is 0 Å². The molecule has 3 rings (SSSR count). The average Bonchev–Trinajstić information content (AvgIpc) is 2.70. The minimum absolute atomic E-state index is 0.0827. The third kappa shape index (κ3) is 2.06. The molecule has 0 aromatic heterocycles. The molecule has 102 valence electrons. The van der Waals surface area contributed by atoms with Gasteiger partial charge in [-0.05, 0) is 24.5 Å². The number of carbonyl (C=O) groups excluding carboxylic acids is 1. The summed E-state index contributed by atoms with van der Waals surface area (Å²) in [5.74, 6) is 0.137. The highest BCUT2D eigenvalue weighted by Crippen LogP contribution is 2.44. The van der Waals surface area contributed by atoms with E-state index in [1.165, 1.54) is 0 Å². The topological polar surface area (TPSA) is 40.5 Å². The molecule has 1 N–H and O–H groups in total. The van der Waals surface area contributed by atoms with Gasteiger partial charge in [0.05, 0.1) is 11.6 Å². The number of benzene rings is 1. The van der Waals surface area contributed by atoms with Gasteiger partial charge in [0.25, 0.3) is 5.91 Å². The lowest BCUT2D eigenvalue weighted by Crippen LogP contribution is -2.45. The third-order valence-electron chi connectivity index (χ3n) is 4.57. The third-order valence-corrected chi connectivity index (χ3v) is 4.57. The summed E-state index contributed by atoms with van der Waals surface area (Å²) in [6.45, 7) is 2.82. The monoisotopic (exact) mass is 259 g/mol. The molecule has 2 aliphatic rings. The molecule has 2 aliphatic heterocycles. The van der Waals surface area contributed by atoms with E-state index in [0.29, 0.717) is 19.4 Å². The Morgan fingerprint density at radius 1 is 1.42 bits per heavy atom. The molecule has 1 saturated heterocycles. The highest BCUT2D eigenvalue weighted by Gasteiger charge is 2.45. The minimum atomic E-state index is -0.588. The number of carbonyl (C=O) groups is 1. The van der Waals surface area contributed by atoms with E-state index in [0.717, 1.165) is 30.4 Å². The van der Waals surface area contributed by atoms with Gasteiger partial charge in [0, 0.05) is 18.5 Å². The standard InChI is InChI=1S/C16H21NO2/c1-2-3-8-16(19)9-10-17-14(11-16)12-6-4-5-7-13(12)15(17)18/h4-7,14,19H,2-3,8-11H2,1H3. The van der Waals surface area contributed by atoms with Gasteiger partial charge in [-0.25, -0.2) is 0 Å². The molecule has 1 aromatic rings. The molecular formula is C16H21NO2. The first kappa shape index (κ1) is 12.7. The lowest BCUT2D eigenvalue weighted by molar-refractivity contribution is -0.0430. The van der Waals surface area contributed by atoms with Gasteiger partial charge in [-0.2, -0.15) is 0 Å². The number of aliphatic hydroxyl groups is 1. The summed E-state index contributed by atoms with van der Waals surface area (Å²) in [5.41, 5.74) is 1.34. The zero-order valence-electron chi connectivity index (χ0n) is 11.4. The normalized spacial score (nSPS) is 29.3. The summed E-state index contributed by atoms with van der Waals surface area (Å²) in [6, 6.07) is 7.91. The molecule has 3 heteroatoms. The van der Waals surface area contributed by atoms with E-state index in [4.69, 9.17) is 0 Å². The molecule has 0 aliphatic carbocycles. The molecule has 19 heavy (non-hydrogen) atoms. The van der Waals surface area contributed by atoms with Crippen molar-refractivity contribution in [1.82, 2.24) is 4.90 Å². The predicted octanol–water partition coefficient (Wildman–Crippen LogP) is 2.90. The van der Waals surface area contributed by atoms with Gasteiger partial charge in [-0.3, -0.25) is 4.79 Å². The Balaban J connectivity index is 1.86. The second-order valence-corrected chi connectivity index (χ2v) is 5.88. The Labute approximate surface area is 114 Å². The van der Waals surface area contributed by atoms with Gasteiger partial charge in [-0.1, -0.05) is 38.0 Å². The number of hydrogen-bond acceptors (Lipinski definition) is 2. The summed E-state index contributed by atoms with van der Waals surface area (Å²) in [5, 5.41) is 10.7. The van der Waals surface area contributed by atoms with E-state index in [1.807, 2.05) is 29.2 Å². The van der Waals surface area contributed by atoms with Crippen LogP contribution in [0.15, 0.2) is 24.3 Å². The SMILES string of the molecule is CCCCC1(O)CCN2C(=O)c3ccccc3C2C1. The van der Waals surface area contributed by atoms with Crippen LogP contribution in [-0.2, 0) is 0 Å². The van der Waals surface area contributed by atoms with Crippen LogP contribution in [-0.4, -0.2) is 28.1 Å². The summed E-state index contributed by atoms with van der Waals surface area (Å²) in [4.78, 5) is 14.2. The summed E-state index contributed by atoms with van der Waals surface area (Å²) < 4.78 is 0. The van der Waals surface area contributed by atoms with Crippen molar-refractivity contribution in [2.24, 2.45) is 0 Å². The largest absolute Gasteiger partial charge is 0.390 e. The predicted molar refractivity (Wildman–Crippen MR) is 73.9 cm³/mol. The molecule has 1 fully saturated rings. The fourth-order valence-corrected chi connectivity index (χ4v) is 3.45. The average molecular weight is 259 g/mol. The lowest BCUT2D eigenvalue weighted by Gasteiger charge is -2.41. The smallest absolute Gasteiger partial charge is 0.254 e. The molecule has 0 spiro atoms. The van der Waals surface area contributed by atoms with Crippen LogP contribution in [0.2, 0.25) is 0 Å². The fraction of sp³-hybridized carbons (Fsp3) is 0.562. The van der Waals surface area contributed by atoms with Crippen molar-refractivity contribution in [3.8, 4) is 0 Å². The Kier molecular flexibility index (Phi) is 3.09. The minimum Gasteiger partial charge on any atom is -0.390 e. The molecule has 2 unspecified atom stereocenters. The van der Waals surface area contributed by atoms with Gasteiger partial charge in [0.1, 0.15) is 0 Å². The van der Waals surface area contributed by atoms with Crippen molar-refractivity contribution in [3.05, 3.63) is 35.4 Å². The molecule has 2 heterocycles. The van der Waals surface area contributed by atoms with Crippen LogP contribution in [0.5, 0.6) is 0 Å². The summed E-state index contributed by atoms with van der Waals surface area (Å²) in [7, 11) is 0. The number of amides is 1. The van der Waals surface area contributed by atoms with Crippen LogP contribution < -0.4 is 0 Å². The molecule has 0 bridgehead atoms. The molecule has 3 nitrogen and oxygen atoms in total. The number of rotatable bonds is 3. The number of hydrogen-bond donors (Lipinski definition) is 1. The van der Waals surface area contributed by atoms with Crippen LogP contribution in [0.3, 0.4) is 0 Å². The van der Waals surface area contributed by atoms with E-state index >= 15 is 0 Å². The first-order chi connectivity index (χ1) is 9.14. The second kappa shape index (κ2) is 4.64. The van der Waals surface area contributed by atoms with E-state index in [-0.39, 0.29) is 11.9 Å². The van der Waals surface area contributed by atoms with Crippen LogP contribution >= 0.6 is 0 Å². The van der Waals surface area contributed by atoms with Crippen molar-refractivity contribution >= 4 is 5.91 Å². The van der Waals surface area contributed by atoms with E-state index in [1.54, 1.807) is 0 Å². The van der Waals surface area contributed by atoms with Crippen LogP contribution in [0.4, 0.5) is 0 Å². The van der Waals surface area contributed by atoms with Crippen molar-refractivity contribution in [2.45, 2.75) is 50.7 Å². The highest BCUT2D eigenvalue weighted by atomic mass is 16.3. The summed E-state index contributed by atoms with van der Waals surface area (Å²) in [6.07, 6.45) is 4.41. The van der Waals surface area contributed by atoms with E-state index < -0.39 is 5.60 Å². The quantitative estimate of drug-likeness (QED) is 0.906. The molecule has 0 radical (unpaired) electrons. The number of nitrogens with zero attached hydrogens (tertiary/aromatic N) is 1. The van der Waals surface area contributed by atoms with Crippen LogP contribution in [0.25, 0.3) is 0 Å². The maximum absolute atomic E-state index is 12.3. The van der Waals surface area contributed by atoms with E-state index in [9.17, 15) is 9.90 Å².